The molecule has 1 aliphatic heterocycles. The summed E-state index contributed by atoms with van der Waals surface area (Å²) in [5, 5.41) is 10.8. The first-order chi connectivity index (χ1) is 13.8. The molecule has 1 saturated heterocycles. The molecule has 29 heavy (non-hydrogen) atoms. The van der Waals surface area contributed by atoms with Crippen LogP contribution in [0.3, 0.4) is 0 Å². The molecule has 0 radical (unpaired) electrons. The molecule has 1 aliphatic rings. The van der Waals surface area contributed by atoms with Gasteiger partial charge < -0.3 is 19.3 Å². The van der Waals surface area contributed by atoms with Crippen LogP contribution in [0.25, 0.3) is 11.0 Å². The largest absolute Gasteiger partial charge is 0.475 e. The van der Waals surface area contributed by atoms with Crippen molar-refractivity contribution in [2.24, 2.45) is 0 Å². The lowest BCUT2D eigenvalue weighted by molar-refractivity contribution is 0.0664. The molecule has 0 unspecified atom stereocenters. The van der Waals surface area contributed by atoms with E-state index in [9.17, 15) is 9.59 Å². The van der Waals surface area contributed by atoms with E-state index in [2.05, 4.69) is 4.90 Å². The van der Waals surface area contributed by atoms with Crippen molar-refractivity contribution in [1.82, 2.24) is 4.90 Å². The van der Waals surface area contributed by atoms with Crippen molar-refractivity contribution < 1.29 is 19.1 Å². The minimum absolute atomic E-state index is 0.0733. The van der Waals surface area contributed by atoms with Crippen LogP contribution in [0, 0.1) is 6.92 Å². The Balaban J connectivity index is 1.51. The molecule has 150 valence electrons. The third-order valence-electron chi connectivity index (χ3n) is 5.17. The van der Waals surface area contributed by atoms with E-state index in [0.29, 0.717) is 47.4 Å². The van der Waals surface area contributed by atoms with Crippen LogP contribution in [0.2, 0.25) is 10.0 Å². The summed E-state index contributed by atoms with van der Waals surface area (Å²) in [4.78, 5) is 27.9. The third-order valence-corrected chi connectivity index (χ3v) is 5.61. The molecule has 6 nitrogen and oxygen atoms in total. The van der Waals surface area contributed by atoms with Crippen molar-refractivity contribution in [3.63, 3.8) is 0 Å². The van der Waals surface area contributed by atoms with Gasteiger partial charge in [0.15, 0.2) is 0 Å². The van der Waals surface area contributed by atoms with Gasteiger partial charge in [-0.15, -0.1) is 0 Å². The van der Waals surface area contributed by atoms with Crippen LogP contribution in [0.4, 0.5) is 5.69 Å². The molecule has 0 aliphatic carbocycles. The molecule has 8 heteroatoms. The van der Waals surface area contributed by atoms with Crippen molar-refractivity contribution in [2.45, 2.75) is 6.92 Å². The summed E-state index contributed by atoms with van der Waals surface area (Å²) < 4.78 is 5.38. The molecular formula is C21H18Cl2N2O4. The number of carboxylic acids is 1. The van der Waals surface area contributed by atoms with Gasteiger partial charge in [0.2, 0.25) is 5.76 Å². The lowest BCUT2D eigenvalue weighted by atomic mass is 10.1. The quantitative estimate of drug-likeness (QED) is 0.648. The number of rotatable bonds is 3. The van der Waals surface area contributed by atoms with Crippen molar-refractivity contribution in [3.05, 3.63) is 63.3 Å². The Morgan fingerprint density at radius 3 is 2.28 bits per heavy atom. The van der Waals surface area contributed by atoms with Gasteiger partial charge in [0, 0.05) is 52.9 Å². The number of carbonyl (C=O) groups excluding carboxylic acids is 1. The van der Waals surface area contributed by atoms with Gasteiger partial charge in [0.05, 0.1) is 0 Å². The number of halogens is 2. The molecule has 0 atom stereocenters. The predicted molar refractivity (Wildman–Crippen MR) is 112 cm³/mol. The number of carbonyl (C=O) groups is 2. The molecule has 1 fully saturated rings. The van der Waals surface area contributed by atoms with E-state index in [1.165, 1.54) is 0 Å². The molecule has 0 saturated carbocycles. The smallest absolute Gasteiger partial charge is 0.371 e. The highest BCUT2D eigenvalue weighted by molar-refractivity contribution is 6.35. The zero-order valence-corrected chi connectivity index (χ0v) is 17.1. The number of benzene rings is 2. The number of anilines is 1. The number of carboxylic acid groups (broad SMARTS) is 1. The summed E-state index contributed by atoms with van der Waals surface area (Å²) in [6, 6.07) is 10.1. The van der Waals surface area contributed by atoms with Crippen LogP contribution in [0.5, 0.6) is 0 Å². The minimum Gasteiger partial charge on any atom is -0.475 e. The summed E-state index contributed by atoms with van der Waals surface area (Å²) in [5.74, 6) is -1.26. The first kappa shape index (κ1) is 19.6. The number of amides is 1. The fraction of sp³-hybridized carbons (Fsp3) is 0.238. The Morgan fingerprint density at radius 2 is 1.66 bits per heavy atom. The first-order valence-corrected chi connectivity index (χ1v) is 9.86. The van der Waals surface area contributed by atoms with E-state index in [0.717, 1.165) is 16.6 Å². The van der Waals surface area contributed by atoms with Crippen molar-refractivity contribution in [3.8, 4) is 0 Å². The normalized spacial score (nSPS) is 14.4. The number of aryl methyl sites for hydroxylation is 1. The Bertz CT molecular complexity index is 1100. The number of piperazine rings is 1. The molecule has 3 aromatic rings. The van der Waals surface area contributed by atoms with Gasteiger partial charge >= 0.3 is 5.97 Å². The maximum Gasteiger partial charge on any atom is 0.371 e. The number of furan rings is 1. The topological polar surface area (TPSA) is 74.0 Å². The molecule has 1 amide bonds. The summed E-state index contributed by atoms with van der Waals surface area (Å²) in [6.45, 7) is 4.40. The lowest BCUT2D eigenvalue weighted by Crippen LogP contribution is -2.49. The third kappa shape index (κ3) is 3.78. The Morgan fingerprint density at radius 1 is 1.00 bits per heavy atom. The van der Waals surface area contributed by atoms with Gasteiger partial charge in [-0.3, -0.25) is 4.79 Å². The van der Waals surface area contributed by atoms with Crippen LogP contribution >= 0.6 is 23.2 Å². The molecule has 0 spiro atoms. The number of aromatic carboxylic acids is 1. The molecule has 1 aromatic heterocycles. The lowest BCUT2D eigenvalue weighted by Gasteiger charge is -2.37. The molecule has 2 heterocycles. The zero-order valence-electron chi connectivity index (χ0n) is 15.6. The molecule has 0 bridgehead atoms. The van der Waals surface area contributed by atoms with Crippen LogP contribution in [-0.2, 0) is 0 Å². The van der Waals surface area contributed by atoms with E-state index in [-0.39, 0.29) is 11.7 Å². The molecular weight excluding hydrogens is 415 g/mol. The average molecular weight is 433 g/mol. The van der Waals surface area contributed by atoms with E-state index in [1.807, 2.05) is 13.0 Å². The molecule has 1 N–H and O–H groups in total. The molecule has 4 rings (SSSR count). The van der Waals surface area contributed by atoms with Gasteiger partial charge in [0.1, 0.15) is 5.58 Å². The number of hydrogen-bond acceptors (Lipinski definition) is 4. The van der Waals surface area contributed by atoms with E-state index < -0.39 is 5.97 Å². The van der Waals surface area contributed by atoms with Gasteiger partial charge in [-0.1, -0.05) is 23.2 Å². The van der Waals surface area contributed by atoms with Crippen LogP contribution in [-0.4, -0.2) is 48.1 Å². The van der Waals surface area contributed by atoms with Crippen molar-refractivity contribution in [2.75, 3.05) is 31.1 Å². The first-order valence-electron chi connectivity index (χ1n) is 9.10. The highest BCUT2D eigenvalue weighted by atomic mass is 35.5. The summed E-state index contributed by atoms with van der Waals surface area (Å²) >= 11 is 12.0. The van der Waals surface area contributed by atoms with Gasteiger partial charge in [-0.05, 0) is 48.9 Å². The standard InChI is InChI=1S/C21H18Cl2N2O4/c1-12-16-11-19(21(27)28)29-18(16)3-2-17(12)24-4-6-25(7-5-24)20(26)13-8-14(22)10-15(23)9-13/h2-3,8-11H,4-7H2,1H3,(H,27,28). The maximum atomic E-state index is 12.8. The molecule has 2 aromatic carbocycles. The fourth-order valence-corrected chi connectivity index (χ4v) is 4.22. The Kier molecular flexibility index (Phi) is 5.15. The van der Waals surface area contributed by atoms with E-state index in [4.69, 9.17) is 32.7 Å². The number of hydrogen-bond donors (Lipinski definition) is 1. The van der Waals surface area contributed by atoms with E-state index >= 15 is 0 Å². The minimum atomic E-state index is -1.09. The second-order valence-electron chi connectivity index (χ2n) is 6.97. The summed E-state index contributed by atoms with van der Waals surface area (Å²) in [5.41, 5.74) is 3.00. The second kappa shape index (κ2) is 7.61. The predicted octanol–water partition coefficient (Wildman–Crippen LogP) is 4.71. The monoisotopic (exact) mass is 432 g/mol. The Labute approximate surface area is 177 Å². The zero-order chi connectivity index (χ0) is 20.7. The number of nitrogens with zero attached hydrogens (tertiary/aromatic N) is 2. The van der Waals surface area contributed by atoms with Crippen LogP contribution < -0.4 is 4.90 Å². The highest BCUT2D eigenvalue weighted by Gasteiger charge is 2.24. The highest BCUT2D eigenvalue weighted by Crippen LogP contribution is 2.31. The maximum absolute atomic E-state index is 12.8. The summed E-state index contributed by atoms with van der Waals surface area (Å²) in [6.07, 6.45) is 0. The van der Waals surface area contributed by atoms with Gasteiger partial charge in [-0.25, -0.2) is 4.79 Å². The summed E-state index contributed by atoms with van der Waals surface area (Å²) in [7, 11) is 0. The van der Waals surface area contributed by atoms with Gasteiger partial charge in [0.25, 0.3) is 5.91 Å². The van der Waals surface area contributed by atoms with Gasteiger partial charge in [-0.2, -0.15) is 0 Å². The fourth-order valence-electron chi connectivity index (χ4n) is 3.70. The van der Waals surface area contributed by atoms with E-state index in [1.54, 1.807) is 35.2 Å². The van der Waals surface area contributed by atoms with Crippen LogP contribution in [0.15, 0.2) is 40.8 Å². The van der Waals surface area contributed by atoms with Crippen molar-refractivity contribution in [1.29, 1.82) is 0 Å². The SMILES string of the molecule is Cc1c(N2CCN(C(=O)c3cc(Cl)cc(Cl)c3)CC2)ccc2oc(C(=O)O)cc12. The Hall–Kier alpha value is -2.70. The number of fused-ring (bicyclic) bond motifs is 1. The second-order valence-corrected chi connectivity index (χ2v) is 7.85. The van der Waals surface area contributed by atoms with Crippen LogP contribution in [0.1, 0.15) is 26.5 Å². The van der Waals surface area contributed by atoms with Crippen molar-refractivity contribution >= 4 is 51.7 Å². The average Bonchev–Trinajstić information content (AvgIpc) is 3.13.